The lowest BCUT2D eigenvalue weighted by Gasteiger charge is -2.19. The highest BCUT2D eigenvalue weighted by molar-refractivity contribution is 5.99. The molecule has 0 heterocycles. The SMILES string of the molecule is CC/C=C/C(COO)=C(\CC(CC)C/C(C(=O)O)=C(\CCC(=O)O)C(=O)O)C(=O)O. The Hall–Kier alpha value is -2.98. The normalized spacial score (nSPS) is 14.1. The molecular weight excluding hydrogens is 400 g/mol. The molecule has 5 N–H and O–H groups in total. The molecule has 0 fully saturated rings. The number of hydrogen-bond donors (Lipinski definition) is 5. The summed E-state index contributed by atoms with van der Waals surface area (Å²) in [7, 11) is 0. The highest BCUT2D eigenvalue weighted by Crippen LogP contribution is 2.28. The molecule has 0 saturated heterocycles. The second kappa shape index (κ2) is 14.1. The van der Waals surface area contributed by atoms with Crippen molar-refractivity contribution in [3.8, 4) is 0 Å². The zero-order valence-electron chi connectivity index (χ0n) is 17.0. The second-order valence-corrected chi connectivity index (χ2v) is 6.54. The molecule has 0 aliphatic heterocycles. The van der Waals surface area contributed by atoms with Crippen LogP contribution in [0.3, 0.4) is 0 Å². The monoisotopic (exact) mass is 428 g/mol. The summed E-state index contributed by atoms with van der Waals surface area (Å²) in [6.07, 6.45) is 2.75. The van der Waals surface area contributed by atoms with Crippen molar-refractivity contribution in [2.24, 2.45) is 5.92 Å². The van der Waals surface area contributed by atoms with Gasteiger partial charge in [-0.25, -0.2) is 19.3 Å². The third kappa shape index (κ3) is 9.48. The molecule has 0 saturated carbocycles. The van der Waals surface area contributed by atoms with Crippen molar-refractivity contribution in [3.05, 3.63) is 34.4 Å². The van der Waals surface area contributed by atoms with Gasteiger partial charge >= 0.3 is 23.9 Å². The first-order chi connectivity index (χ1) is 14.1. The molecule has 0 radical (unpaired) electrons. The van der Waals surface area contributed by atoms with Gasteiger partial charge in [-0.1, -0.05) is 32.4 Å². The van der Waals surface area contributed by atoms with Gasteiger partial charge in [0.15, 0.2) is 0 Å². The first-order valence-corrected chi connectivity index (χ1v) is 9.37. The lowest BCUT2D eigenvalue weighted by atomic mass is 9.86. The van der Waals surface area contributed by atoms with Gasteiger partial charge in [-0.2, -0.15) is 0 Å². The van der Waals surface area contributed by atoms with Crippen LogP contribution in [0.4, 0.5) is 0 Å². The van der Waals surface area contributed by atoms with Gasteiger partial charge in [0.25, 0.3) is 0 Å². The van der Waals surface area contributed by atoms with Gasteiger partial charge in [0.1, 0.15) is 6.61 Å². The summed E-state index contributed by atoms with van der Waals surface area (Å²) < 4.78 is 0. The molecule has 10 nitrogen and oxygen atoms in total. The average molecular weight is 428 g/mol. The smallest absolute Gasteiger partial charge is 0.332 e. The van der Waals surface area contributed by atoms with E-state index in [9.17, 15) is 34.5 Å². The quantitative estimate of drug-likeness (QED) is 0.113. The minimum Gasteiger partial charge on any atom is -0.481 e. The minimum absolute atomic E-state index is 0.0900. The van der Waals surface area contributed by atoms with Crippen molar-refractivity contribution in [1.29, 1.82) is 0 Å². The van der Waals surface area contributed by atoms with Crippen LogP contribution in [0.5, 0.6) is 0 Å². The Kier molecular flexibility index (Phi) is 12.7. The number of hydrogen-bond acceptors (Lipinski definition) is 6. The Morgan fingerprint density at radius 3 is 1.77 bits per heavy atom. The highest BCUT2D eigenvalue weighted by Gasteiger charge is 2.26. The zero-order chi connectivity index (χ0) is 23.3. The summed E-state index contributed by atoms with van der Waals surface area (Å²) in [6.45, 7) is 3.15. The van der Waals surface area contributed by atoms with E-state index in [1.54, 1.807) is 13.0 Å². The van der Waals surface area contributed by atoms with E-state index < -0.39 is 53.8 Å². The molecule has 0 rings (SSSR count). The van der Waals surface area contributed by atoms with E-state index in [1.807, 2.05) is 6.92 Å². The Labute approximate surface area is 173 Å². The fourth-order valence-corrected chi connectivity index (χ4v) is 2.82. The summed E-state index contributed by atoms with van der Waals surface area (Å²) in [4.78, 5) is 49.8. The van der Waals surface area contributed by atoms with E-state index in [4.69, 9.17) is 10.4 Å². The van der Waals surface area contributed by atoms with E-state index >= 15 is 0 Å². The van der Waals surface area contributed by atoms with E-state index in [-0.39, 0.29) is 30.6 Å². The van der Waals surface area contributed by atoms with E-state index in [1.165, 1.54) is 6.08 Å². The minimum atomic E-state index is -1.53. The number of aliphatic carboxylic acids is 4. The second-order valence-electron chi connectivity index (χ2n) is 6.54. The van der Waals surface area contributed by atoms with Crippen LogP contribution in [0.2, 0.25) is 0 Å². The van der Waals surface area contributed by atoms with Crippen molar-refractivity contribution >= 4 is 23.9 Å². The third-order valence-electron chi connectivity index (χ3n) is 4.45. The summed E-state index contributed by atoms with van der Waals surface area (Å²) in [5.41, 5.74) is -0.860. The van der Waals surface area contributed by atoms with Crippen molar-refractivity contribution in [2.45, 2.75) is 52.4 Å². The maximum atomic E-state index is 11.8. The predicted octanol–water partition coefficient (Wildman–Crippen LogP) is 2.96. The van der Waals surface area contributed by atoms with Gasteiger partial charge in [-0.3, -0.25) is 10.1 Å². The van der Waals surface area contributed by atoms with Crippen LogP contribution in [0.15, 0.2) is 34.4 Å². The van der Waals surface area contributed by atoms with E-state index in [2.05, 4.69) is 4.89 Å². The summed E-state index contributed by atoms with van der Waals surface area (Å²) in [6, 6.07) is 0. The number of allylic oxidation sites excluding steroid dienone is 1. The topological polar surface area (TPSA) is 179 Å². The van der Waals surface area contributed by atoms with E-state index in [0.717, 1.165) is 0 Å². The van der Waals surface area contributed by atoms with Crippen LogP contribution in [-0.4, -0.2) is 56.2 Å². The van der Waals surface area contributed by atoms with Gasteiger partial charge in [0, 0.05) is 23.1 Å². The molecule has 10 heteroatoms. The first-order valence-electron chi connectivity index (χ1n) is 9.37. The maximum absolute atomic E-state index is 11.8. The Morgan fingerprint density at radius 1 is 0.833 bits per heavy atom. The van der Waals surface area contributed by atoms with E-state index in [0.29, 0.717) is 12.8 Å². The van der Waals surface area contributed by atoms with Crippen molar-refractivity contribution in [1.82, 2.24) is 0 Å². The largest absolute Gasteiger partial charge is 0.481 e. The molecule has 1 unspecified atom stereocenters. The summed E-state index contributed by atoms with van der Waals surface area (Å²) in [5.74, 6) is -6.12. The number of rotatable bonds is 15. The molecule has 0 aliphatic rings. The molecular formula is C20H28O10. The van der Waals surface area contributed by atoms with Crippen molar-refractivity contribution in [3.63, 3.8) is 0 Å². The average Bonchev–Trinajstić information content (AvgIpc) is 2.66. The summed E-state index contributed by atoms with van der Waals surface area (Å²) >= 11 is 0. The molecule has 0 bridgehead atoms. The Morgan fingerprint density at radius 2 is 1.37 bits per heavy atom. The van der Waals surface area contributed by atoms with Crippen LogP contribution in [0.25, 0.3) is 0 Å². The molecule has 0 aromatic rings. The fourth-order valence-electron chi connectivity index (χ4n) is 2.82. The van der Waals surface area contributed by atoms with Gasteiger partial charge in [0.05, 0.1) is 0 Å². The third-order valence-corrected chi connectivity index (χ3v) is 4.45. The van der Waals surface area contributed by atoms with Crippen LogP contribution >= 0.6 is 0 Å². The zero-order valence-corrected chi connectivity index (χ0v) is 17.0. The van der Waals surface area contributed by atoms with Gasteiger partial charge in [-0.05, 0) is 37.2 Å². The lowest BCUT2D eigenvalue weighted by molar-refractivity contribution is -0.233. The Balaban J connectivity index is 6.07. The van der Waals surface area contributed by atoms with Crippen LogP contribution < -0.4 is 0 Å². The fraction of sp³-hybridized carbons (Fsp3) is 0.500. The van der Waals surface area contributed by atoms with Gasteiger partial charge in [-0.15, -0.1) is 0 Å². The Bertz CT molecular complexity index is 730. The van der Waals surface area contributed by atoms with Gasteiger partial charge < -0.3 is 20.4 Å². The number of carbonyl (C=O) groups is 4. The summed E-state index contributed by atoms with van der Waals surface area (Å²) in [5, 5.41) is 46.0. The molecule has 0 amide bonds. The first kappa shape index (κ1) is 27.0. The molecule has 30 heavy (non-hydrogen) atoms. The molecule has 0 spiro atoms. The predicted molar refractivity (Wildman–Crippen MR) is 105 cm³/mol. The molecule has 168 valence electrons. The van der Waals surface area contributed by atoms with Crippen LogP contribution in [0, 0.1) is 5.92 Å². The molecule has 0 aromatic heterocycles. The lowest BCUT2D eigenvalue weighted by Crippen LogP contribution is -2.18. The molecule has 1 atom stereocenters. The molecule has 0 aliphatic carbocycles. The standard InChI is InChI=1S/C20H28O10/c1-3-5-6-13(11-30-29)15(19(25)26)9-12(4-2)10-16(20(27)28)14(18(23)24)7-8-17(21)22/h5-6,12,29H,3-4,7-11H2,1-2H3,(H,21,22)(H,23,24)(H,25,26)(H,27,28)/b6-5+,15-13-,16-14-. The maximum Gasteiger partial charge on any atom is 0.332 e. The van der Waals surface area contributed by atoms with Crippen LogP contribution in [-0.2, 0) is 24.1 Å². The van der Waals surface area contributed by atoms with Crippen molar-refractivity contribution < 1.29 is 49.7 Å². The van der Waals surface area contributed by atoms with Crippen LogP contribution in [0.1, 0.15) is 52.4 Å². The van der Waals surface area contributed by atoms with Gasteiger partial charge in [0.2, 0.25) is 0 Å². The highest BCUT2D eigenvalue weighted by atomic mass is 17.1. The number of carboxylic acid groups (broad SMARTS) is 4. The van der Waals surface area contributed by atoms with Crippen molar-refractivity contribution in [2.75, 3.05) is 6.61 Å². The number of carboxylic acids is 4. The molecule has 0 aromatic carbocycles.